The number of likely N-dealkylation sites (tertiary alicyclic amines) is 1. The number of hydrogen-bond donors (Lipinski definition) is 0. The highest BCUT2D eigenvalue weighted by Crippen LogP contribution is 2.53. The van der Waals surface area contributed by atoms with E-state index in [1.54, 1.807) is 0 Å². The fraction of sp³-hybridized carbons (Fsp3) is 0.778. The van der Waals surface area contributed by atoms with E-state index in [0.717, 1.165) is 12.8 Å². The van der Waals surface area contributed by atoms with Gasteiger partial charge in [-0.1, -0.05) is 31.4 Å². The van der Waals surface area contributed by atoms with Gasteiger partial charge >= 0.3 is 5.97 Å². The fourth-order valence-electron chi connectivity index (χ4n) is 4.81. The van der Waals surface area contributed by atoms with Crippen LogP contribution in [0, 0.1) is 11.8 Å². The summed E-state index contributed by atoms with van der Waals surface area (Å²) in [7, 11) is 0. The van der Waals surface area contributed by atoms with Gasteiger partial charge in [-0.2, -0.15) is 0 Å². The van der Waals surface area contributed by atoms with E-state index >= 15 is 0 Å². The van der Waals surface area contributed by atoms with Gasteiger partial charge in [-0.05, 0) is 26.7 Å². The number of nitrogens with zero attached hydrogens (tertiary/aromatic N) is 1. The zero-order valence-corrected chi connectivity index (χ0v) is 13.9. The first kappa shape index (κ1) is 15.2. The van der Waals surface area contributed by atoms with Crippen molar-refractivity contribution in [2.45, 2.75) is 69.8 Å². The Kier molecular flexibility index (Phi) is 3.52. The number of ether oxygens (including phenoxy) is 2. The molecule has 2 saturated heterocycles. The second kappa shape index (κ2) is 5.33. The Labute approximate surface area is 137 Å². The van der Waals surface area contributed by atoms with Gasteiger partial charge in [0.2, 0.25) is 5.91 Å². The highest BCUT2D eigenvalue weighted by molar-refractivity contribution is 5.91. The molecule has 4 aliphatic rings. The molecule has 4 atom stereocenters. The molecular formula is C18H25NO4. The lowest BCUT2D eigenvalue weighted by Gasteiger charge is -2.32. The molecule has 1 spiro atoms. The normalized spacial score (nSPS) is 39.3. The predicted molar refractivity (Wildman–Crippen MR) is 83.5 cm³/mol. The largest absolute Gasteiger partial charge is 0.463 e. The van der Waals surface area contributed by atoms with E-state index in [1.807, 2.05) is 30.9 Å². The summed E-state index contributed by atoms with van der Waals surface area (Å²) in [4.78, 5) is 27.6. The van der Waals surface area contributed by atoms with Gasteiger partial charge in [-0.15, -0.1) is 0 Å². The molecule has 1 aliphatic carbocycles. The van der Waals surface area contributed by atoms with E-state index in [2.05, 4.69) is 0 Å². The molecular weight excluding hydrogens is 294 g/mol. The van der Waals surface area contributed by atoms with Crippen molar-refractivity contribution in [3.05, 3.63) is 12.2 Å². The summed E-state index contributed by atoms with van der Waals surface area (Å²) >= 11 is 0. The van der Waals surface area contributed by atoms with Crippen molar-refractivity contribution in [2.75, 3.05) is 6.54 Å². The van der Waals surface area contributed by atoms with E-state index in [-0.39, 0.29) is 24.1 Å². The van der Waals surface area contributed by atoms with Crippen LogP contribution in [0.4, 0.5) is 0 Å². The molecule has 126 valence electrons. The Bertz CT molecular complexity index is 551. The second-order valence-corrected chi connectivity index (χ2v) is 7.64. The summed E-state index contributed by atoms with van der Waals surface area (Å²) in [5.74, 6) is -1.08. The monoisotopic (exact) mass is 319 g/mol. The summed E-state index contributed by atoms with van der Waals surface area (Å²) in [5, 5.41) is 0. The second-order valence-electron chi connectivity index (χ2n) is 7.64. The van der Waals surface area contributed by atoms with E-state index in [4.69, 9.17) is 9.47 Å². The molecule has 0 radical (unpaired) electrons. The maximum atomic E-state index is 13.1. The highest BCUT2D eigenvalue weighted by atomic mass is 16.6. The summed E-state index contributed by atoms with van der Waals surface area (Å²) in [6.07, 6.45) is 9.26. The molecule has 5 heteroatoms. The lowest BCUT2D eigenvalue weighted by atomic mass is 9.77. The van der Waals surface area contributed by atoms with Gasteiger partial charge in [0.05, 0.1) is 24.7 Å². The van der Waals surface area contributed by atoms with Crippen LogP contribution in [0.2, 0.25) is 0 Å². The van der Waals surface area contributed by atoms with Crippen LogP contribution in [0.5, 0.6) is 0 Å². The van der Waals surface area contributed by atoms with Crippen LogP contribution >= 0.6 is 0 Å². The van der Waals surface area contributed by atoms with E-state index in [1.165, 1.54) is 19.3 Å². The number of esters is 1. The predicted octanol–water partition coefficient (Wildman–Crippen LogP) is 2.05. The van der Waals surface area contributed by atoms with Crippen molar-refractivity contribution in [3.63, 3.8) is 0 Å². The molecule has 1 amide bonds. The molecule has 5 nitrogen and oxygen atoms in total. The number of carbonyl (C=O) groups is 2. The first-order valence-corrected chi connectivity index (χ1v) is 8.90. The van der Waals surface area contributed by atoms with E-state index in [0.29, 0.717) is 12.6 Å². The average Bonchev–Trinajstić information content (AvgIpc) is 3.16. The topological polar surface area (TPSA) is 55.8 Å². The number of hydrogen-bond acceptors (Lipinski definition) is 4. The molecule has 4 rings (SSSR count). The van der Waals surface area contributed by atoms with Crippen molar-refractivity contribution in [3.8, 4) is 0 Å². The van der Waals surface area contributed by atoms with Crippen LogP contribution in [0.3, 0.4) is 0 Å². The molecule has 0 unspecified atom stereocenters. The minimum Gasteiger partial charge on any atom is -0.463 e. The van der Waals surface area contributed by atoms with Gasteiger partial charge < -0.3 is 14.4 Å². The quantitative estimate of drug-likeness (QED) is 0.590. The summed E-state index contributed by atoms with van der Waals surface area (Å²) in [6, 6.07) is 0.314. The van der Waals surface area contributed by atoms with Gasteiger partial charge in [0, 0.05) is 6.04 Å². The van der Waals surface area contributed by atoms with Crippen LogP contribution in [0.25, 0.3) is 0 Å². The molecule has 23 heavy (non-hydrogen) atoms. The lowest BCUT2D eigenvalue weighted by molar-refractivity contribution is -0.157. The molecule has 0 aromatic carbocycles. The van der Waals surface area contributed by atoms with Gasteiger partial charge in [0.1, 0.15) is 11.5 Å². The van der Waals surface area contributed by atoms with Crippen molar-refractivity contribution in [1.29, 1.82) is 0 Å². The number of carbonyl (C=O) groups excluding carboxylic acids is 2. The first-order chi connectivity index (χ1) is 11.0. The van der Waals surface area contributed by atoms with Gasteiger partial charge in [-0.25, -0.2) is 0 Å². The number of amides is 1. The minimum absolute atomic E-state index is 0.0921. The highest BCUT2D eigenvalue weighted by Gasteiger charge is 2.67. The van der Waals surface area contributed by atoms with Crippen LogP contribution in [-0.4, -0.2) is 47.2 Å². The Morgan fingerprint density at radius 1 is 1.35 bits per heavy atom. The Morgan fingerprint density at radius 2 is 2.09 bits per heavy atom. The Morgan fingerprint density at radius 3 is 2.78 bits per heavy atom. The summed E-state index contributed by atoms with van der Waals surface area (Å²) in [5.41, 5.74) is -0.597. The lowest BCUT2D eigenvalue weighted by Crippen LogP contribution is -2.42. The standard InChI is InChI=1S/C18H25NO4/c1-11(2)22-17(21)14-13-8-9-18(23-13)10-19(16(20)15(14)18)12-6-4-3-5-7-12/h8-9,11-15H,3-7,10H2,1-2H3/t13-,14-,15+,18-/m0/s1. The third kappa shape index (κ3) is 2.24. The molecule has 0 aromatic rings. The average molecular weight is 319 g/mol. The summed E-state index contributed by atoms with van der Waals surface area (Å²) in [6.45, 7) is 4.27. The number of fused-ring (bicyclic) bond motifs is 1. The summed E-state index contributed by atoms with van der Waals surface area (Å²) < 4.78 is 11.5. The van der Waals surface area contributed by atoms with Crippen molar-refractivity contribution in [2.24, 2.45) is 11.8 Å². The van der Waals surface area contributed by atoms with Crippen molar-refractivity contribution < 1.29 is 19.1 Å². The van der Waals surface area contributed by atoms with Crippen LogP contribution < -0.4 is 0 Å². The number of rotatable bonds is 3. The fourth-order valence-corrected chi connectivity index (χ4v) is 4.81. The third-order valence-electron chi connectivity index (χ3n) is 5.77. The smallest absolute Gasteiger partial charge is 0.313 e. The van der Waals surface area contributed by atoms with Crippen molar-refractivity contribution >= 4 is 11.9 Å². The van der Waals surface area contributed by atoms with Gasteiger partial charge in [0.15, 0.2) is 0 Å². The SMILES string of the molecule is CC(C)OC(=O)[C@H]1[C@@H]2C=C[C@@]3(CN(C4CCCCC4)C(=O)[C@@H]13)O2. The molecule has 3 fully saturated rings. The third-order valence-corrected chi connectivity index (χ3v) is 5.77. The van der Waals surface area contributed by atoms with E-state index < -0.39 is 17.4 Å². The van der Waals surface area contributed by atoms with Gasteiger partial charge in [0.25, 0.3) is 0 Å². The van der Waals surface area contributed by atoms with Crippen LogP contribution in [0.1, 0.15) is 46.0 Å². The molecule has 0 N–H and O–H groups in total. The molecule has 2 bridgehead atoms. The molecule has 3 heterocycles. The van der Waals surface area contributed by atoms with Gasteiger partial charge in [-0.3, -0.25) is 9.59 Å². The Hall–Kier alpha value is -1.36. The van der Waals surface area contributed by atoms with Crippen molar-refractivity contribution in [1.82, 2.24) is 4.90 Å². The first-order valence-electron chi connectivity index (χ1n) is 8.90. The zero-order chi connectivity index (χ0) is 16.2. The maximum Gasteiger partial charge on any atom is 0.313 e. The van der Waals surface area contributed by atoms with Crippen LogP contribution in [0.15, 0.2) is 12.2 Å². The van der Waals surface area contributed by atoms with Crippen LogP contribution in [-0.2, 0) is 19.1 Å². The minimum atomic E-state index is -0.597. The van der Waals surface area contributed by atoms with E-state index in [9.17, 15) is 9.59 Å². The molecule has 0 aromatic heterocycles. The molecule has 1 saturated carbocycles. The molecule has 3 aliphatic heterocycles. The maximum absolute atomic E-state index is 13.1. The Balaban J connectivity index is 1.59. The zero-order valence-electron chi connectivity index (χ0n) is 13.9.